The van der Waals surface area contributed by atoms with Gasteiger partial charge in [-0.1, -0.05) is 0 Å². The highest BCUT2D eigenvalue weighted by molar-refractivity contribution is 7.90. The molecule has 0 saturated carbocycles. The Hall–Kier alpha value is -3.24. The maximum absolute atomic E-state index is 11.7. The molecular weight excluding hydrogens is 384 g/mol. The van der Waals surface area contributed by atoms with Gasteiger partial charge in [-0.15, -0.1) is 0 Å². The molecule has 0 aromatic heterocycles. The number of ether oxygens (including phenoxy) is 1. The van der Waals surface area contributed by atoms with Gasteiger partial charge in [0.2, 0.25) is 0 Å². The minimum atomic E-state index is -4.10. The zero-order valence-electron chi connectivity index (χ0n) is 13.1. The largest absolute Gasteiger partial charge is 0.457 e. The second-order valence-corrected chi connectivity index (χ2v) is 7.96. The van der Waals surface area contributed by atoms with E-state index in [1.807, 2.05) is 0 Å². The predicted octanol–water partition coefficient (Wildman–Crippen LogP) is 3.79. The minimum absolute atomic E-state index is 0.184. The fourth-order valence-electron chi connectivity index (χ4n) is 1.89. The quantitative estimate of drug-likeness (QED) is 0.410. The minimum Gasteiger partial charge on any atom is -0.457 e. The molecule has 0 spiro atoms. The molecule has 0 N–H and O–H groups in total. The number of benzene rings is 2. The molecule has 0 atom stereocenters. The molecule has 11 nitrogen and oxygen atoms in total. The van der Waals surface area contributed by atoms with Crippen LogP contribution < -0.4 is 4.74 Å². The fourth-order valence-corrected chi connectivity index (χ4v) is 3.32. The summed E-state index contributed by atoms with van der Waals surface area (Å²) in [6, 6.07) is 8.98. The molecule has 0 aliphatic carbocycles. The number of rotatable bonds is 6. The lowest BCUT2D eigenvalue weighted by molar-refractivity contribution is 0.478. The molecule has 0 bridgehead atoms. The van der Waals surface area contributed by atoms with Gasteiger partial charge in [0.25, 0.3) is 20.0 Å². The first-order valence-electron chi connectivity index (χ1n) is 6.71. The van der Waals surface area contributed by atoms with Gasteiger partial charge in [0, 0.05) is 18.9 Å². The van der Waals surface area contributed by atoms with Crippen LogP contribution in [0.1, 0.15) is 5.56 Å². The number of aryl methyl sites for hydroxylation is 1. The highest BCUT2D eigenvalue weighted by atomic mass is 32.2. The van der Waals surface area contributed by atoms with Crippen LogP contribution >= 0.6 is 0 Å². The van der Waals surface area contributed by atoms with E-state index in [4.69, 9.17) is 15.8 Å². The van der Waals surface area contributed by atoms with Crippen molar-refractivity contribution in [3.63, 3.8) is 0 Å². The van der Waals surface area contributed by atoms with Gasteiger partial charge in [-0.05, 0) is 66.0 Å². The van der Waals surface area contributed by atoms with Crippen LogP contribution in [0, 0.1) is 6.92 Å². The van der Waals surface area contributed by atoms with Crippen molar-refractivity contribution in [2.45, 2.75) is 16.7 Å². The van der Waals surface area contributed by atoms with Gasteiger partial charge < -0.3 is 4.74 Å². The van der Waals surface area contributed by atoms with Gasteiger partial charge in [0.15, 0.2) is 0 Å². The Morgan fingerprint density at radius 2 is 1.35 bits per heavy atom. The molecule has 0 unspecified atom stereocenters. The third-order valence-corrected chi connectivity index (χ3v) is 5.38. The topological polar surface area (TPSA) is 175 Å². The SMILES string of the molecule is Cc1cc(S(=O)(=O)N=[N+]=[N-])ccc1Oc1ccc(S(=O)(=O)N=[N+]=[N-])cc1. The first-order valence-corrected chi connectivity index (χ1v) is 9.59. The van der Waals surface area contributed by atoms with Gasteiger partial charge >= 0.3 is 0 Å². The van der Waals surface area contributed by atoms with E-state index in [-0.39, 0.29) is 15.5 Å². The zero-order chi connectivity index (χ0) is 19.4. The Morgan fingerprint density at radius 1 is 0.846 bits per heavy atom. The van der Waals surface area contributed by atoms with E-state index in [9.17, 15) is 16.8 Å². The third kappa shape index (κ3) is 4.23. The van der Waals surface area contributed by atoms with Crippen molar-refractivity contribution < 1.29 is 21.6 Å². The number of azide groups is 2. The van der Waals surface area contributed by atoms with E-state index in [0.29, 0.717) is 11.3 Å². The molecule has 2 aromatic carbocycles. The molecule has 26 heavy (non-hydrogen) atoms. The summed E-state index contributed by atoms with van der Waals surface area (Å²) >= 11 is 0. The van der Waals surface area contributed by atoms with Crippen LogP contribution in [0.3, 0.4) is 0 Å². The van der Waals surface area contributed by atoms with E-state index in [1.165, 1.54) is 42.5 Å². The summed E-state index contributed by atoms with van der Waals surface area (Å²) in [5, 5.41) is 0. The smallest absolute Gasteiger partial charge is 0.264 e. The number of hydrogen-bond donors (Lipinski definition) is 0. The Balaban J connectivity index is 2.30. The molecule has 0 aliphatic heterocycles. The van der Waals surface area contributed by atoms with Crippen molar-refractivity contribution in [3.05, 3.63) is 68.9 Å². The first kappa shape index (κ1) is 19.1. The average molecular weight is 394 g/mol. The van der Waals surface area contributed by atoms with Gasteiger partial charge in [-0.3, -0.25) is 0 Å². The summed E-state index contributed by atoms with van der Waals surface area (Å²) in [5.41, 5.74) is 17.0. The van der Waals surface area contributed by atoms with Crippen LogP contribution in [-0.2, 0) is 20.0 Å². The average Bonchev–Trinajstić information content (AvgIpc) is 2.57. The molecule has 2 rings (SSSR count). The number of hydrogen-bond acceptors (Lipinski definition) is 5. The van der Waals surface area contributed by atoms with Crippen LogP contribution in [0.2, 0.25) is 0 Å². The van der Waals surface area contributed by atoms with Crippen molar-refractivity contribution in [1.82, 2.24) is 0 Å². The zero-order valence-corrected chi connectivity index (χ0v) is 14.7. The van der Waals surface area contributed by atoms with Crippen molar-refractivity contribution >= 4 is 20.0 Å². The van der Waals surface area contributed by atoms with Gasteiger partial charge in [-0.2, -0.15) is 0 Å². The molecule has 0 amide bonds. The van der Waals surface area contributed by atoms with Gasteiger partial charge in [0.1, 0.15) is 11.5 Å². The van der Waals surface area contributed by atoms with E-state index in [2.05, 4.69) is 18.9 Å². The Labute approximate surface area is 148 Å². The van der Waals surface area contributed by atoms with E-state index < -0.39 is 20.0 Å². The maximum atomic E-state index is 11.7. The van der Waals surface area contributed by atoms with E-state index in [1.54, 1.807) is 6.92 Å². The van der Waals surface area contributed by atoms with Crippen molar-refractivity contribution in [2.75, 3.05) is 0 Å². The Kier molecular flexibility index (Phi) is 5.38. The lowest BCUT2D eigenvalue weighted by Crippen LogP contribution is -1.97. The number of sulfonamides is 2. The molecule has 134 valence electrons. The molecule has 0 fully saturated rings. The van der Waals surface area contributed by atoms with Crippen LogP contribution in [0.25, 0.3) is 20.9 Å². The standard InChI is InChI=1S/C13H10N6O5S2/c1-9-8-12(26(22,23)19-17-15)6-7-13(9)24-10-2-4-11(5-3-10)25(20,21)18-16-14/h2-8H,1H3. The summed E-state index contributed by atoms with van der Waals surface area (Å²) in [6.45, 7) is 1.59. The lowest BCUT2D eigenvalue weighted by atomic mass is 10.2. The lowest BCUT2D eigenvalue weighted by Gasteiger charge is -2.10. The normalized spacial score (nSPS) is 11.1. The Morgan fingerprint density at radius 3 is 1.85 bits per heavy atom. The van der Waals surface area contributed by atoms with Crippen molar-refractivity contribution in [2.24, 2.45) is 9.04 Å². The molecule has 0 aliphatic rings. The predicted molar refractivity (Wildman–Crippen MR) is 90.4 cm³/mol. The fraction of sp³-hybridized carbons (Fsp3) is 0.0769. The molecule has 2 aromatic rings. The van der Waals surface area contributed by atoms with E-state index in [0.717, 1.165) is 0 Å². The summed E-state index contributed by atoms with van der Waals surface area (Å²) in [6.07, 6.45) is 0. The summed E-state index contributed by atoms with van der Waals surface area (Å²) < 4.78 is 57.6. The Bertz CT molecular complexity index is 1150. The highest BCUT2D eigenvalue weighted by Crippen LogP contribution is 2.28. The van der Waals surface area contributed by atoms with Gasteiger partial charge in [0.05, 0.1) is 9.79 Å². The summed E-state index contributed by atoms with van der Waals surface area (Å²) in [5.74, 6) is 0.592. The monoisotopic (exact) mass is 394 g/mol. The second-order valence-electron chi connectivity index (χ2n) is 4.79. The van der Waals surface area contributed by atoms with Gasteiger partial charge in [-0.25, -0.2) is 16.8 Å². The second kappa shape index (κ2) is 7.33. The third-order valence-electron chi connectivity index (χ3n) is 3.08. The molecular formula is C13H10N6O5S2. The highest BCUT2D eigenvalue weighted by Gasteiger charge is 2.15. The number of nitrogens with zero attached hydrogens (tertiary/aromatic N) is 6. The van der Waals surface area contributed by atoms with E-state index >= 15 is 0 Å². The van der Waals surface area contributed by atoms with Crippen LogP contribution in [0.4, 0.5) is 0 Å². The molecule has 0 heterocycles. The van der Waals surface area contributed by atoms with Crippen LogP contribution in [0.5, 0.6) is 11.5 Å². The first-order chi connectivity index (χ1) is 12.2. The summed E-state index contributed by atoms with van der Waals surface area (Å²) in [7, 11) is -8.19. The van der Waals surface area contributed by atoms with Crippen molar-refractivity contribution in [3.8, 4) is 11.5 Å². The molecule has 13 heteroatoms. The van der Waals surface area contributed by atoms with Crippen LogP contribution in [-0.4, -0.2) is 16.8 Å². The molecule has 0 radical (unpaired) electrons. The molecule has 0 saturated heterocycles. The van der Waals surface area contributed by atoms with Crippen LogP contribution in [0.15, 0.2) is 61.3 Å². The maximum Gasteiger partial charge on any atom is 0.264 e. The van der Waals surface area contributed by atoms with Crippen molar-refractivity contribution in [1.29, 1.82) is 0 Å². The summed E-state index contributed by atoms with van der Waals surface area (Å²) in [4.78, 5) is 4.14.